The minimum atomic E-state index is 1.02. The Morgan fingerprint density at radius 1 is 1.38 bits per heavy atom. The van der Waals surface area contributed by atoms with Crippen LogP contribution in [0.5, 0.6) is 0 Å². The summed E-state index contributed by atoms with van der Waals surface area (Å²) in [5.74, 6) is 0. The topological polar surface area (TPSA) is 44.3 Å². The summed E-state index contributed by atoms with van der Waals surface area (Å²) in [6, 6.07) is 0. The van der Waals surface area contributed by atoms with Gasteiger partial charge in [0.1, 0.15) is 5.01 Å². The monoisotopic (exact) mass is 241 g/mol. The number of aryl methyl sites for hydroxylation is 1. The van der Waals surface area contributed by atoms with Crippen LogP contribution in [0, 0.1) is 6.92 Å². The molecule has 0 radical (unpaired) electrons. The van der Waals surface area contributed by atoms with E-state index in [9.17, 15) is 0 Å². The first kappa shape index (κ1) is 11.8. The lowest BCUT2D eigenvalue weighted by Crippen LogP contribution is -2.46. The molecule has 1 saturated heterocycles. The highest BCUT2D eigenvalue weighted by Gasteiger charge is 2.11. The molecule has 0 aliphatic carbocycles. The van der Waals surface area contributed by atoms with E-state index in [1.54, 1.807) is 11.3 Å². The second kappa shape index (κ2) is 5.56. The van der Waals surface area contributed by atoms with E-state index in [-0.39, 0.29) is 0 Å². The predicted octanol–water partition coefficient (Wildman–Crippen LogP) is 0.188. The van der Waals surface area contributed by atoms with E-state index < -0.39 is 0 Å². The molecule has 2 rings (SSSR count). The van der Waals surface area contributed by atoms with Crippen molar-refractivity contribution in [3.8, 4) is 0 Å². The molecule has 6 heteroatoms. The van der Waals surface area contributed by atoms with Gasteiger partial charge in [-0.15, -0.1) is 10.2 Å². The number of likely N-dealkylation sites (N-methyl/N-ethyl adjacent to an activating group) is 1. The number of hydrogen-bond acceptors (Lipinski definition) is 6. The first-order chi connectivity index (χ1) is 7.75. The maximum Gasteiger partial charge on any atom is 0.208 e. The Morgan fingerprint density at radius 3 is 2.75 bits per heavy atom. The van der Waals surface area contributed by atoms with E-state index in [2.05, 4.69) is 32.4 Å². The van der Waals surface area contributed by atoms with Crippen LogP contribution >= 0.6 is 11.3 Å². The van der Waals surface area contributed by atoms with Gasteiger partial charge >= 0.3 is 0 Å². The first-order valence-electron chi connectivity index (χ1n) is 5.70. The number of aromatic nitrogens is 2. The van der Waals surface area contributed by atoms with Crippen LogP contribution in [0.1, 0.15) is 5.01 Å². The summed E-state index contributed by atoms with van der Waals surface area (Å²) < 4.78 is 0. The predicted molar refractivity (Wildman–Crippen MR) is 67.2 cm³/mol. The van der Waals surface area contributed by atoms with E-state index in [0.29, 0.717) is 0 Å². The maximum absolute atomic E-state index is 4.14. The molecule has 0 saturated carbocycles. The number of rotatable bonds is 4. The molecule has 16 heavy (non-hydrogen) atoms. The summed E-state index contributed by atoms with van der Waals surface area (Å²) in [5, 5.41) is 13.6. The van der Waals surface area contributed by atoms with Gasteiger partial charge < -0.3 is 10.2 Å². The summed E-state index contributed by atoms with van der Waals surface area (Å²) in [4.78, 5) is 4.67. The number of hydrogen-bond donors (Lipinski definition) is 1. The number of nitrogens with one attached hydrogen (secondary N) is 1. The molecule has 1 N–H and O–H groups in total. The molecule has 1 fully saturated rings. The largest absolute Gasteiger partial charge is 0.348 e. The molecule has 1 aliphatic heterocycles. The van der Waals surface area contributed by atoms with Crippen molar-refractivity contribution in [3.63, 3.8) is 0 Å². The highest BCUT2D eigenvalue weighted by Crippen LogP contribution is 2.17. The van der Waals surface area contributed by atoms with Gasteiger partial charge in [0, 0.05) is 46.3 Å². The third-order valence-corrected chi connectivity index (χ3v) is 3.76. The van der Waals surface area contributed by atoms with Crippen LogP contribution in [-0.2, 0) is 0 Å². The Morgan fingerprint density at radius 2 is 2.12 bits per heavy atom. The van der Waals surface area contributed by atoms with Crippen LogP contribution in [-0.4, -0.2) is 61.4 Å². The van der Waals surface area contributed by atoms with Gasteiger partial charge in [0.25, 0.3) is 0 Å². The third-order valence-electron chi connectivity index (χ3n) is 2.80. The van der Waals surface area contributed by atoms with Gasteiger partial charge in [-0.25, -0.2) is 0 Å². The van der Waals surface area contributed by atoms with Crippen molar-refractivity contribution in [2.24, 2.45) is 0 Å². The molecule has 90 valence electrons. The second-order valence-electron chi connectivity index (χ2n) is 4.12. The van der Waals surface area contributed by atoms with E-state index in [1.165, 1.54) is 0 Å². The molecule has 0 aromatic carbocycles. The molecule has 1 aromatic rings. The zero-order valence-electron chi connectivity index (χ0n) is 9.94. The average molecular weight is 241 g/mol. The van der Waals surface area contributed by atoms with Crippen LogP contribution < -0.4 is 10.2 Å². The van der Waals surface area contributed by atoms with E-state index in [0.717, 1.165) is 49.4 Å². The molecule has 2 heterocycles. The van der Waals surface area contributed by atoms with Crippen LogP contribution in [0.4, 0.5) is 5.13 Å². The normalized spacial score (nSPS) is 17.6. The quantitative estimate of drug-likeness (QED) is 0.815. The summed E-state index contributed by atoms with van der Waals surface area (Å²) in [6.07, 6.45) is 0. The van der Waals surface area contributed by atoms with E-state index >= 15 is 0 Å². The lowest BCUT2D eigenvalue weighted by molar-refractivity contribution is 0.246. The number of piperazine rings is 1. The van der Waals surface area contributed by atoms with Crippen molar-refractivity contribution < 1.29 is 0 Å². The molecule has 0 atom stereocenters. The lowest BCUT2D eigenvalue weighted by Gasteiger charge is -2.28. The zero-order valence-corrected chi connectivity index (χ0v) is 10.8. The van der Waals surface area contributed by atoms with Crippen molar-refractivity contribution >= 4 is 16.5 Å². The zero-order chi connectivity index (χ0) is 11.4. The van der Waals surface area contributed by atoms with E-state index in [1.807, 2.05) is 6.92 Å². The highest BCUT2D eigenvalue weighted by atomic mass is 32.1. The van der Waals surface area contributed by atoms with Crippen molar-refractivity contribution in [1.29, 1.82) is 0 Å². The molecular formula is C10H19N5S. The summed E-state index contributed by atoms with van der Waals surface area (Å²) >= 11 is 1.66. The maximum atomic E-state index is 4.14. The van der Waals surface area contributed by atoms with Crippen LogP contribution in [0.25, 0.3) is 0 Å². The summed E-state index contributed by atoms with van der Waals surface area (Å²) in [5.41, 5.74) is 0. The van der Waals surface area contributed by atoms with Crippen LogP contribution in [0.3, 0.4) is 0 Å². The SMILES string of the molecule is Cc1nnc(N(C)CCN2CCNCC2)s1. The fraction of sp³-hybridized carbons (Fsp3) is 0.800. The Balaban J connectivity index is 1.76. The number of nitrogens with zero attached hydrogens (tertiary/aromatic N) is 4. The van der Waals surface area contributed by atoms with Gasteiger partial charge in [0.15, 0.2) is 0 Å². The molecule has 1 aliphatic rings. The third kappa shape index (κ3) is 3.13. The molecule has 0 amide bonds. The van der Waals surface area contributed by atoms with Gasteiger partial charge in [0.05, 0.1) is 0 Å². The summed E-state index contributed by atoms with van der Waals surface area (Å²) in [7, 11) is 2.09. The minimum Gasteiger partial charge on any atom is -0.348 e. The van der Waals surface area contributed by atoms with Crippen molar-refractivity contribution in [2.75, 3.05) is 51.2 Å². The Hall–Kier alpha value is -0.720. The Kier molecular flexibility index (Phi) is 4.09. The standard InChI is InChI=1S/C10H19N5S/c1-9-12-13-10(16-9)14(2)7-8-15-5-3-11-4-6-15/h11H,3-8H2,1-2H3. The van der Waals surface area contributed by atoms with Gasteiger partial charge in [-0.05, 0) is 6.92 Å². The van der Waals surface area contributed by atoms with Gasteiger partial charge in [-0.3, -0.25) is 4.90 Å². The fourth-order valence-corrected chi connectivity index (χ4v) is 2.44. The molecule has 0 spiro atoms. The van der Waals surface area contributed by atoms with E-state index in [4.69, 9.17) is 0 Å². The highest BCUT2D eigenvalue weighted by molar-refractivity contribution is 7.15. The molecule has 0 bridgehead atoms. The van der Waals surface area contributed by atoms with Gasteiger partial charge in [-0.1, -0.05) is 11.3 Å². The first-order valence-corrected chi connectivity index (χ1v) is 6.51. The molecular weight excluding hydrogens is 222 g/mol. The molecule has 0 unspecified atom stereocenters. The van der Waals surface area contributed by atoms with Gasteiger partial charge in [0.2, 0.25) is 5.13 Å². The minimum absolute atomic E-state index is 1.02. The number of anilines is 1. The van der Waals surface area contributed by atoms with Crippen LogP contribution in [0.15, 0.2) is 0 Å². The second-order valence-corrected chi connectivity index (χ2v) is 5.28. The lowest BCUT2D eigenvalue weighted by atomic mass is 10.3. The van der Waals surface area contributed by atoms with Gasteiger partial charge in [-0.2, -0.15) is 0 Å². The van der Waals surface area contributed by atoms with Crippen molar-refractivity contribution in [1.82, 2.24) is 20.4 Å². The Labute approximate surface area is 100 Å². The smallest absolute Gasteiger partial charge is 0.208 e. The summed E-state index contributed by atoms with van der Waals surface area (Å²) in [6.45, 7) is 8.66. The van der Waals surface area contributed by atoms with Crippen molar-refractivity contribution in [2.45, 2.75) is 6.92 Å². The van der Waals surface area contributed by atoms with Crippen LogP contribution in [0.2, 0.25) is 0 Å². The average Bonchev–Trinajstić information content (AvgIpc) is 2.74. The molecule has 1 aromatic heterocycles. The molecule has 5 nitrogen and oxygen atoms in total. The fourth-order valence-electron chi connectivity index (χ4n) is 1.76. The van der Waals surface area contributed by atoms with Crippen molar-refractivity contribution in [3.05, 3.63) is 5.01 Å². The Bertz CT molecular complexity index is 321.